The van der Waals surface area contributed by atoms with Crippen LogP contribution in [-0.4, -0.2) is 22.6 Å². The van der Waals surface area contributed by atoms with Crippen LogP contribution in [0.3, 0.4) is 0 Å². The minimum absolute atomic E-state index is 0.199. The summed E-state index contributed by atoms with van der Waals surface area (Å²) in [5.41, 5.74) is 1.23. The summed E-state index contributed by atoms with van der Waals surface area (Å²) >= 11 is 13.6. The highest BCUT2D eigenvalue weighted by Crippen LogP contribution is 2.25. The molecule has 2 rings (SSSR count). The topological polar surface area (TPSA) is 54.9 Å². The lowest BCUT2D eigenvalue weighted by molar-refractivity contribution is 0.0954. The molecule has 20 heavy (non-hydrogen) atoms. The van der Waals surface area contributed by atoms with Crippen molar-refractivity contribution in [3.63, 3.8) is 0 Å². The van der Waals surface area contributed by atoms with E-state index in [0.717, 1.165) is 15.6 Å². The third kappa shape index (κ3) is 3.69. The number of benzene rings is 1. The van der Waals surface area contributed by atoms with Gasteiger partial charge in [-0.2, -0.15) is 0 Å². The maximum Gasteiger partial charge on any atom is 0.251 e. The molecule has 2 aromatic rings. The molecular weight excluding hydrogens is 317 g/mol. The summed E-state index contributed by atoms with van der Waals surface area (Å²) in [6.07, 6.45) is 0.657. The second kappa shape index (κ2) is 6.52. The molecule has 1 amide bonds. The molecule has 4 nitrogen and oxygen atoms in total. The van der Waals surface area contributed by atoms with Gasteiger partial charge in [0.05, 0.1) is 0 Å². The molecule has 0 saturated carbocycles. The molecular formula is C13H13Cl2N3OS. The third-order valence-corrected chi connectivity index (χ3v) is 4.42. The molecule has 0 aliphatic rings. The van der Waals surface area contributed by atoms with Crippen molar-refractivity contribution < 1.29 is 4.79 Å². The van der Waals surface area contributed by atoms with E-state index in [1.54, 1.807) is 12.1 Å². The highest BCUT2D eigenvalue weighted by Gasteiger charge is 2.10. The molecule has 0 radical (unpaired) electrons. The fourth-order valence-electron chi connectivity index (χ4n) is 1.60. The summed E-state index contributed by atoms with van der Waals surface area (Å²) in [5, 5.41) is 13.5. The minimum atomic E-state index is -0.199. The van der Waals surface area contributed by atoms with Gasteiger partial charge in [0.2, 0.25) is 0 Å². The number of rotatable bonds is 4. The zero-order valence-corrected chi connectivity index (χ0v) is 13.4. The SMILES string of the molecule is Cc1nnc(CCNC(=O)c2cc(Cl)c(C)c(Cl)c2)s1. The Balaban J connectivity index is 1.95. The average molecular weight is 330 g/mol. The third-order valence-electron chi connectivity index (χ3n) is 2.74. The van der Waals surface area contributed by atoms with Gasteiger partial charge in [-0.25, -0.2) is 0 Å². The van der Waals surface area contributed by atoms with Crippen molar-refractivity contribution in [2.45, 2.75) is 20.3 Å². The van der Waals surface area contributed by atoms with Crippen molar-refractivity contribution >= 4 is 40.4 Å². The normalized spacial score (nSPS) is 10.6. The van der Waals surface area contributed by atoms with Crippen molar-refractivity contribution in [1.29, 1.82) is 0 Å². The molecule has 1 N–H and O–H groups in total. The summed E-state index contributed by atoms with van der Waals surface area (Å²) in [4.78, 5) is 12.0. The van der Waals surface area contributed by atoms with Gasteiger partial charge in [0.1, 0.15) is 10.0 Å². The van der Waals surface area contributed by atoms with Crippen LogP contribution in [0.1, 0.15) is 25.9 Å². The van der Waals surface area contributed by atoms with Gasteiger partial charge < -0.3 is 5.32 Å². The first-order valence-corrected chi connectivity index (χ1v) is 7.57. The molecule has 0 spiro atoms. The highest BCUT2D eigenvalue weighted by molar-refractivity contribution is 7.11. The number of carbonyl (C=O) groups excluding carboxylic acids is 1. The average Bonchev–Trinajstić information content (AvgIpc) is 2.81. The van der Waals surface area contributed by atoms with Crippen LogP contribution in [0.15, 0.2) is 12.1 Å². The molecule has 0 atom stereocenters. The molecule has 0 fully saturated rings. The second-order valence-corrected chi connectivity index (χ2v) is 6.37. The lowest BCUT2D eigenvalue weighted by atomic mass is 10.1. The summed E-state index contributed by atoms with van der Waals surface area (Å²) in [6, 6.07) is 3.24. The van der Waals surface area contributed by atoms with E-state index >= 15 is 0 Å². The van der Waals surface area contributed by atoms with E-state index in [4.69, 9.17) is 23.2 Å². The molecule has 0 unspecified atom stereocenters. The Morgan fingerprint density at radius 3 is 2.45 bits per heavy atom. The van der Waals surface area contributed by atoms with Crippen LogP contribution in [0.5, 0.6) is 0 Å². The Hall–Kier alpha value is -1.17. The number of amides is 1. The Morgan fingerprint density at radius 2 is 1.90 bits per heavy atom. The Kier molecular flexibility index (Phi) is 4.96. The maximum absolute atomic E-state index is 12.0. The first kappa shape index (κ1) is 15.2. The first-order valence-electron chi connectivity index (χ1n) is 6.00. The van der Waals surface area contributed by atoms with Crippen molar-refractivity contribution in [2.75, 3.05) is 6.54 Å². The quantitative estimate of drug-likeness (QED) is 0.934. The van der Waals surface area contributed by atoms with Gasteiger partial charge in [-0.05, 0) is 31.5 Å². The number of nitrogens with zero attached hydrogens (tertiary/aromatic N) is 2. The highest BCUT2D eigenvalue weighted by atomic mass is 35.5. The number of hydrogen-bond acceptors (Lipinski definition) is 4. The van der Waals surface area contributed by atoms with E-state index in [-0.39, 0.29) is 5.91 Å². The standard InChI is InChI=1S/C13H13Cl2N3OS/c1-7-10(14)5-9(6-11(7)15)13(19)16-4-3-12-18-17-8(2)20-12/h5-6H,3-4H2,1-2H3,(H,16,19). The van der Waals surface area contributed by atoms with E-state index < -0.39 is 0 Å². The van der Waals surface area contributed by atoms with Crippen LogP contribution in [0.25, 0.3) is 0 Å². The van der Waals surface area contributed by atoms with Gasteiger partial charge in [0.15, 0.2) is 0 Å². The predicted molar refractivity (Wildman–Crippen MR) is 81.9 cm³/mol. The van der Waals surface area contributed by atoms with Gasteiger partial charge in [-0.15, -0.1) is 21.5 Å². The van der Waals surface area contributed by atoms with E-state index in [2.05, 4.69) is 15.5 Å². The maximum atomic E-state index is 12.0. The smallest absolute Gasteiger partial charge is 0.251 e. The van der Waals surface area contributed by atoms with Gasteiger partial charge >= 0.3 is 0 Å². The van der Waals surface area contributed by atoms with Gasteiger partial charge in [0, 0.05) is 28.6 Å². The molecule has 0 saturated heterocycles. The Bertz CT molecular complexity index is 619. The fourth-order valence-corrected chi connectivity index (χ4v) is 2.80. The lowest BCUT2D eigenvalue weighted by Gasteiger charge is -2.07. The number of nitrogens with one attached hydrogen (secondary N) is 1. The van der Waals surface area contributed by atoms with E-state index in [1.807, 2.05) is 13.8 Å². The molecule has 0 aliphatic heterocycles. The number of carbonyl (C=O) groups is 1. The van der Waals surface area contributed by atoms with Crippen molar-refractivity contribution in [1.82, 2.24) is 15.5 Å². The molecule has 0 aliphatic carbocycles. The van der Waals surface area contributed by atoms with Crippen molar-refractivity contribution in [3.05, 3.63) is 43.3 Å². The van der Waals surface area contributed by atoms with Crippen LogP contribution >= 0.6 is 34.5 Å². The van der Waals surface area contributed by atoms with Crippen LogP contribution in [0.2, 0.25) is 10.0 Å². The minimum Gasteiger partial charge on any atom is -0.352 e. The second-order valence-electron chi connectivity index (χ2n) is 4.29. The molecule has 106 valence electrons. The van der Waals surface area contributed by atoms with Gasteiger partial charge in [0.25, 0.3) is 5.91 Å². The van der Waals surface area contributed by atoms with Gasteiger partial charge in [-0.3, -0.25) is 4.79 Å². The molecule has 1 aromatic carbocycles. The molecule has 1 heterocycles. The molecule has 1 aromatic heterocycles. The number of aromatic nitrogens is 2. The largest absolute Gasteiger partial charge is 0.352 e. The predicted octanol–water partition coefficient (Wildman–Crippen LogP) is 3.43. The number of hydrogen-bond donors (Lipinski definition) is 1. The molecule has 7 heteroatoms. The summed E-state index contributed by atoms with van der Waals surface area (Å²) in [6.45, 7) is 4.21. The van der Waals surface area contributed by atoms with E-state index in [9.17, 15) is 4.79 Å². The van der Waals surface area contributed by atoms with E-state index in [1.165, 1.54) is 11.3 Å². The lowest BCUT2D eigenvalue weighted by Crippen LogP contribution is -2.25. The summed E-state index contributed by atoms with van der Waals surface area (Å²) < 4.78 is 0. The van der Waals surface area contributed by atoms with Crippen LogP contribution in [0, 0.1) is 13.8 Å². The number of halogens is 2. The van der Waals surface area contributed by atoms with Crippen molar-refractivity contribution in [2.24, 2.45) is 0 Å². The molecule has 0 bridgehead atoms. The zero-order chi connectivity index (χ0) is 14.7. The van der Waals surface area contributed by atoms with Crippen LogP contribution in [-0.2, 0) is 6.42 Å². The van der Waals surface area contributed by atoms with Crippen LogP contribution < -0.4 is 5.32 Å². The zero-order valence-electron chi connectivity index (χ0n) is 11.0. The van der Waals surface area contributed by atoms with E-state index in [0.29, 0.717) is 28.6 Å². The van der Waals surface area contributed by atoms with Gasteiger partial charge in [-0.1, -0.05) is 23.2 Å². The van der Waals surface area contributed by atoms with Crippen molar-refractivity contribution in [3.8, 4) is 0 Å². The summed E-state index contributed by atoms with van der Waals surface area (Å²) in [5.74, 6) is -0.199. The number of aryl methyl sites for hydroxylation is 1. The monoisotopic (exact) mass is 329 g/mol. The Morgan fingerprint density at radius 1 is 1.25 bits per heavy atom. The summed E-state index contributed by atoms with van der Waals surface area (Å²) in [7, 11) is 0. The fraction of sp³-hybridized carbons (Fsp3) is 0.308. The first-order chi connectivity index (χ1) is 9.47. The Labute approximate surface area is 131 Å². The van der Waals surface area contributed by atoms with Crippen LogP contribution in [0.4, 0.5) is 0 Å².